The summed E-state index contributed by atoms with van der Waals surface area (Å²) in [5.41, 5.74) is 0.686. The van der Waals surface area contributed by atoms with Crippen molar-refractivity contribution in [3.63, 3.8) is 0 Å². The summed E-state index contributed by atoms with van der Waals surface area (Å²) in [6.45, 7) is 3.32. The van der Waals surface area contributed by atoms with Crippen LogP contribution in [0.2, 0.25) is 5.02 Å². The number of phenols is 1. The van der Waals surface area contributed by atoms with Crippen LogP contribution in [0.3, 0.4) is 0 Å². The SMILES string of the molecule is CC(C)N(C(=O)COC(=O)c1ccc(Cl)cc1O)c1ccccc1. The van der Waals surface area contributed by atoms with Gasteiger partial charge in [-0.3, -0.25) is 4.79 Å². The van der Waals surface area contributed by atoms with Gasteiger partial charge in [0.2, 0.25) is 0 Å². The third-order valence-corrected chi connectivity index (χ3v) is 3.56. The molecule has 0 spiro atoms. The lowest BCUT2D eigenvalue weighted by Crippen LogP contribution is -2.39. The average molecular weight is 348 g/mol. The van der Waals surface area contributed by atoms with E-state index in [2.05, 4.69) is 0 Å². The standard InChI is InChI=1S/C18H18ClNO4/c1-12(2)20(14-6-4-3-5-7-14)17(22)11-24-18(23)15-9-8-13(19)10-16(15)21/h3-10,12,21H,11H2,1-2H3. The molecule has 2 aromatic rings. The fourth-order valence-corrected chi connectivity index (χ4v) is 2.44. The quantitative estimate of drug-likeness (QED) is 0.838. The average Bonchev–Trinajstić information content (AvgIpc) is 2.53. The van der Waals surface area contributed by atoms with Gasteiger partial charge in [0.05, 0.1) is 0 Å². The Morgan fingerprint density at radius 1 is 1.17 bits per heavy atom. The number of benzene rings is 2. The van der Waals surface area contributed by atoms with E-state index in [1.165, 1.54) is 18.2 Å². The zero-order valence-corrected chi connectivity index (χ0v) is 14.2. The second-order valence-corrected chi connectivity index (χ2v) is 5.87. The van der Waals surface area contributed by atoms with Gasteiger partial charge in [-0.1, -0.05) is 29.8 Å². The van der Waals surface area contributed by atoms with Crippen LogP contribution >= 0.6 is 11.6 Å². The molecule has 126 valence electrons. The van der Waals surface area contributed by atoms with Crippen molar-refractivity contribution < 1.29 is 19.4 Å². The summed E-state index contributed by atoms with van der Waals surface area (Å²) in [5.74, 6) is -1.42. The summed E-state index contributed by atoms with van der Waals surface area (Å²) in [7, 11) is 0. The number of nitrogens with zero attached hydrogens (tertiary/aromatic N) is 1. The lowest BCUT2D eigenvalue weighted by Gasteiger charge is -2.26. The first kappa shape index (κ1) is 17.8. The van der Waals surface area contributed by atoms with Gasteiger partial charge >= 0.3 is 5.97 Å². The smallest absolute Gasteiger partial charge is 0.342 e. The lowest BCUT2D eigenvalue weighted by atomic mass is 10.2. The maximum Gasteiger partial charge on any atom is 0.342 e. The number of hydrogen-bond donors (Lipinski definition) is 1. The van der Waals surface area contributed by atoms with Gasteiger partial charge in [-0.25, -0.2) is 4.79 Å². The number of carbonyl (C=O) groups is 2. The number of ether oxygens (including phenoxy) is 1. The highest BCUT2D eigenvalue weighted by Crippen LogP contribution is 2.23. The Morgan fingerprint density at radius 3 is 2.42 bits per heavy atom. The lowest BCUT2D eigenvalue weighted by molar-refractivity contribution is -0.122. The van der Waals surface area contributed by atoms with E-state index >= 15 is 0 Å². The fourth-order valence-electron chi connectivity index (χ4n) is 2.27. The van der Waals surface area contributed by atoms with Crippen LogP contribution in [0.1, 0.15) is 24.2 Å². The minimum absolute atomic E-state index is 0.0389. The van der Waals surface area contributed by atoms with Crippen LogP contribution < -0.4 is 4.90 Å². The molecule has 0 heterocycles. The van der Waals surface area contributed by atoms with Crippen molar-refractivity contribution in [3.05, 3.63) is 59.1 Å². The highest BCUT2D eigenvalue weighted by atomic mass is 35.5. The van der Waals surface area contributed by atoms with Crippen LogP contribution in [0.25, 0.3) is 0 Å². The minimum atomic E-state index is -0.783. The third-order valence-electron chi connectivity index (χ3n) is 3.33. The Labute approximate surface area is 145 Å². The molecule has 24 heavy (non-hydrogen) atoms. The molecular formula is C18H18ClNO4. The first-order valence-corrected chi connectivity index (χ1v) is 7.80. The Morgan fingerprint density at radius 2 is 1.83 bits per heavy atom. The van der Waals surface area contributed by atoms with Crippen LogP contribution in [0.15, 0.2) is 48.5 Å². The van der Waals surface area contributed by atoms with Gasteiger partial charge in [0.15, 0.2) is 6.61 Å². The molecule has 6 heteroatoms. The number of phenolic OH excluding ortho intramolecular Hbond substituents is 1. The molecule has 0 fully saturated rings. The molecular weight excluding hydrogens is 330 g/mol. The van der Waals surface area contributed by atoms with Crippen molar-refractivity contribution in [3.8, 4) is 5.75 Å². The summed E-state index contributed by atoms with van der Waals surface area (Å²) in [4.78, 5) is 26.0. The second-order valence-electron chi connectivity index (χ2n) is 5.43. The number of esters is 1. The van der Waals surface area contributed by atoms with Gasteiger partial charge < -0.3 is 14.7 Å². The molecule has 5 nitrogen and oxygen atoms in total. The maximum absolute atomic E-state index is 12.4. The molecule has 0 saturated carbocycles. The van der Waals surface area contributed by atoms with E-state index in [9.17, 15) is 14.7 Å². The van der Waals surface area contributed by atoms with E-state index in [4.69, 9.17) is 16.3 Å². The normalized spacial score (nSPS) is 10.5. The second kappa shape index (κ2) is 7.84. The number of amides is 1. The molecule has 0 unspecified atom stereocenters. The Hall–Kier alpha value is -2.53. The predicted octanol–water partition coefficient (Wildman–Crippen LogP) is 3.64. The third kappa shape index (κ3) is 4.26. The van der Waals surface area contributed by atoms with Gasteiger partial charge in [0.25, 0.3) is 5.91 Å². The first-order chi connectivity index (χ1) is 11.4. The van der Waals surface area contributed by atoms with Crippen LogP contribution in [-0.4, -0.2) is 29.6 Å². The summed E-state index contributed by atoms with van der Waals surface area (Å²) in [6, 6.07) is 13.1. The van der Waals surface area contributed by atoms with Gasteiger partial charge in [-0.05, 0) is 44.2 Å². The molecule has 1 N–H and O–H groups in total. The van der Waals surface area contributed by atoms with Crippen molar-refractivity contribution in [2.75, 3.05) is 11.5 Å². The van der Waals surface area contributed by atoms with Gasteiger partial charge in [0, 0.05) is 16.8 Å². The number of anilines is 1. The van der Waals surface area contributed by atoms with E-state index in [1.54, 1.807) is 4.90 Å². The van der Waals surface area contributed by atoms with E-state index in [-0.39, 0.29) is 23.3 Å². The van der Waals surface area contributed by atoms with E-state index in [0.717, 1.165) is 5.69 Å². The van der Waals surface area contributed by atoms with Crippen molar-refractivity contribution in [2.24, 2.45) is 0 Å². The number of hydrogen-bond acceptors (Lipinski definition) is 4. The molecule has 0 aliphatic rings. The number of para-hydroxylation sites is 1. The molecule has 0 atom stereocenters. The molecule has 0 bridgehead atoms. The highest BCUT2D eigenvalue weighted by molar-refractivity contribution is 6.30. The Balaban J connectivity index is 2.07. The Kier molecular flexibility index (Phi) is 5.82. The first-order valence-electron chi connectivity index (χ1n) is 7.43. The van der Waals surface area contributed by atoms with Crippen molar-refractivity contribution in [2.45, 2.75) is 19.9 Å². The van der Waals surface area contributed by atoms with Crippen LogP contribution in [-0.2, 0) is 9.53 Å². The molecule has 2 aromatic carbocycles. The van der Waals surface area contributed by atoms with Crippen molar-refractivity contribution in [1.82, 2.24) is 0 Å². The van der Waals surface area contributed by atoms with Gasteiger partial charge in [0.1, 0.15) is 11.3 Å². The van der Waals surface area contributed by atoms with Crippen LogP contribution in [0, 0.1) is 0 Å². The molecule has 0 aromatic heterocycles. The number of rotatable bonds is 5. The topological polar surface area (TPSA) is 66.8 Å². The minimum Gasteiger partial charge on any atom is -0.507 e. The number of halogens is 1. The largest absolute Gasteiger partial charge is 0.507 e. The molecule has 0 aliphatic heterocycles. The molecule has 0 saturated heterocycles. The maximum atomic E-state index is 12.4. The van der Waals surface area contributed by atoms with E-state index in [1.807, 2.05) is 44.2 Å². The summed E-state index contributed by atoms with van der Waals surface area (Å²) in [5, 5.41) is 10.0. The molecule has 0 radical (unpaired) electrons. The Bertz CT molecular complexity index is 731. The summed E-state index contributed by atoms with van der Waals surface area (Å²) < 4.78 is 5.03. The van der Waals surface area contributed by atoms with Gasteiger partial charge in [-0.2, -0.15) is 0 Å². The van der Waals surface area contributed by atoms with Crippen molar-refractivity contribution in [1.29, 1.82) is 0 Å². The zero-order chi connectivity index (χ0) is 17.7. The monoisotopic (exact) mass is 347 g/mol. The van der Waals surface area contributed by atoms with Gasteiger partial charge in [-0.15, -0.1) is 0 Å². The number of carbonyl (C=O) groups excluding carboxylic acids is 2. The van der Waals surface area contributed by atoms with E-state index < -0.39 is 12.6 Å². The van der Waals surface area contributed by atoms with Crippen molar-refractivity contribution >= 4 is 29.2 Å². The molecule has 2 rings (SSSR count). The molecule has 0 aliphatic carbocycles. The fraction of sp³-hybridized carbons (Fsp3) is 0.222. The molecule has 1 amide bonds. The summed E-state index contributed by atoms with van der Waals surface area (Å²) >= 11 is 5.72. The zero-order valence-electron chi connectivity index (χ0n) is 13.4. The number of aromatic hydroxyl groups is 1. The highest BCUT2D eigenvalue weighted by Gasteiger charge is 2.21. The predicted molar refractivity (Wildman–Crippen MR) is 92.5 cm³/mol. The van der Waals surface area contributed by atoms with Crippen LogP contribution in [0.5, 0.6) is 5.75 Å². The van der Waals surface area contributed by atoms with E-state index in [0.29, 0.717) is 5.02 Å². The van der Waals surface area contributed by atoms with Crippen LogP contribution in [0.4, 0.5) is 5.69 Å². The summed E-state index contributed by atoms with van der Waals surface area (Å²) in [6.07, 6.45) is 0.